The summed E-state index contributed by atoms with van der Waals surface area (Å²) in [5, 5.41) is 0.886. The lowest BCUT2D eigenvalue weighted by atomic mass is 10.2. The van der Waals surface area contributed by atoms with Gasteiger partial charge in [0.2, 0.25) is 0 Å². The van der Waals surface area contributed by atoms with E-state index in [-0.39, 0.29) is 0 Å². The third-order valence-corrected chi connectivity index (χ3v) is 4.07. The lowest BCUT2D eigenvalue weighted by Gasteiger charge is -2.06. The fourth-order valence-corrected chi connectivity index (χ4v) is 2.64. The monoisotopic (exact) mass is 322 g/mol. The molecule has 0 atom stereocenters. The van der Waals surface area contributed by atoms with E-state index in [1.165, 1.54) is 10.5 Å². The van der Waals surface area contributed by atoms with Gasteiger partial charge in [-0.3, -0.25) is 0 Å². The van der Waals surface area contributed by atoms with E-state index < -0.39 is 0 Å². The van der Waals surface area contributed by atoms with E-state index in [1.54, 1.807) is 0 Å². The molecule has 0 unspecified atom stereocenters. The molecule has 0 saturated carbocycles. The van der Waals surface area contributed by atoms with Crippen molar-refractivity contribution in [3.63, 3.8) is 0 Å². The fourth-order valence-electron chi connectivity index (χ4n) is 1.51. The number of benzene rings is 2. The zero-order valence-corrected chi connectivity index (χ0v) is 12.4. The van der Waals surface area contributed by atoms with Crippen molar-refractivity contribution in [3.05, 3.63) is 60.2 Å². The molecule has 0 fully saturated rings. The summed E-state index contributed by atoms with van der Waals surface area (Å²) >= 11 is 5.24. The van der Waals surface area contributed by atoms with E-state index in [2.05, 4.69) is 52.3 Å². The number of rotatable bonds is 6. The SMILES string of the molecule is BrCc1ccc(OCCSc2ccccc2)cc1. The molecule has 0 aliphatic heterocycles. The smallest absolute Gasteiger partial charge is 0.119 e. The van der Waals surface area contributed by atoms with Crippen LogP contribution in [0.15, 0.2) is 59.5 Å². The van der Waals surface area contributed by atoms with E-state index >= 15 is 0 Å². The minimum Gasteiger partial charge on any atom is -0.493 e. The van der Waals surface area contributed by atoms with Crippen LogP contribution in [0.5, 0.6) is 5.75 Å². The lowest BCUT2D eigenvalue weighted by molar-refractivity contribution is 0.344. The summed E-state index contributed by atoms with van der Waals surface area (Å²) in [6, 6.07) is 18.6. The van der Waals surface area contributed by atoms with Gasteiger partial charge in [0.25, 0.3) is 0 Å². The van der Waals surface area contributed by atoms with Crippen molar-refractivity contribution in [3.8, 4) is 5.75 Å². The summed E-state index contributed by atoms with van der Waals surface area (Å²) in [6.45, 7) is 0.729. The van der Waals surface area contributed by atoms with Crippen LogP contribution in [0.3, 0.4) is 0 Å². The first kappa shape index (κ1) is 13.5. The molecule has 3 heteroatoms. The van der Waals surface area contributed by atoms with Crippen molar-refractivity contribution in [2.24, 2.45) is 0 Å². The van der Waals surface area contributed by atoms with Gasteiger partial charge in [0.1, 0.15) is 5.75 Å². The average molecular weight is 323 g/mol. The second-order valence-electron chi connectivity index (χ2n) is 3.79. The highest BCUT2D eigenvalue weighted by molar-refractivity contribution is 9.08. The van der Waals surface area contributed by atoms with Crippen LogP contribution in [-0.4, -0.2) is 12.4 Å². The minimum atomic E-state index is 0.729. The first-order valence-corrected chi connectivity index (χ1v) is 7.95. The van der Waals surface area contributed by atoms with Gasteiger partial charge in [-0.05, 0) is 29.8 Å². The van der Waals surface area contributed by atoms with Crippen LogP contribution in [0.4, 0.5) is 0 Å². The normalized spacial score (nSPS) is 10.3. The first-order valence-electron chi connectivity index (χ1n) is 5.84. The minimum absolute atomic E-state index is 0.729. The zero-order valence-electron chi connectivity index (χ0n) is 10.0. The Hall–Kier alpha value is -0.930. The number of ether oxygens (including phenoxy) is 1. The molecule has 94 valence electrons. The van der Waals surface area contributed by atoms with Crippen LogP contribution in [-0.2, 0) is 5.33 Å². The highest BCUT2D eigenvalue weighted by atomic mass is 79.9. The second-order valence-corrected chi connectivity index (χ2v) is 5.52. The van der Waals surface area contributed by atoms with Crippen molar-refractivity contribution in [1.82, 2.24) is 0 Å². The molecule has 0 heterocycles. The summed E-state index contributed by atoms with van der Waals surface area (Å²) < 4.78 is 5.69. The molecule has 0 saturated heterocycles. The predicted octanol–water partition coefficient (Wildman–Crippen LogP) is 4.75. The maximum atomic E-state index is 5.69. The van der Waals surface area contributed by atoms with Crippen molar-refractivity contribution < 1.29 is 4.74 Å². The number of halogens is 1. The Kier molecular flexibility index (Phi) is 5.62. The maximum Gasteiger partial charge on any atom is 0.119 e. The summed E-state index contributed by atoms with van der Waals surface area (Å²) in [4.78, 5) is 1.29. The molecule has 0 aromatic heterocycles. The topological polar surface area (TPSA) is 9.23 Å². The van der Waals surface area contributed by atoms with Gasteiger partial charge in [0.15, 0.2) is 0 Å². The van der Waals surface area contributed by atoms with E-state index in [4.69, 9.17) is 4.74 Å². The van der Waals surface area contributed by atoms with Gasteiger partial charge in [-0.25, -0.2) is 0 Å². The molecule has 0 bridgehead atoms. The van der Waals surface area contributed by atoms with Gasteiger partial charge in [-0.15, -0.1) is 11.8 Å². The van der Waals surface area contributed by atoms with Gasteiger partial charge < -0.3 is 4.74 Å². The van der Waals surface area contributed by atoms with Gasteiger partial charge in [-0.2, -0.15) is 0 Å². The van der Waals surface area contributed by atoms with Gasteiger partial charge in [-0.1, -0.05) is 46.3 Å². The summed E-state index contributed by atoms with van der Waals surface area (Å²) in [6.07, 6.45) is 0. The molecule has 2 rings (SSSR count). The Bertz CT molecular complexity index is 456. The maximum absolute atomic E-state index is 5.69. The van der Waals surface area contributed by atoms with Gasteiger partial charge >= 0.3 is 0 Å². The van der Waals surface area contributed by atoms with Crippen molar-refractivity contribution in [2.45, 2.75) is 10.2 Å². The Morgan fingerprint density at radius 3 is 2.33 bits per heavy atom. The molecule has 0 radical (unpaired) electrons. The molecular weight excluding hydrogens is 308 g/mol. The molecule has 2 aromatic rings. The van der Waals surface area contributed by atoms with Crippen LogP contribution in [0, 0.1) is 0 Å². The Morgan fingerprint density at radius 2 is 1.67 bits per heavy atom. The molecule has 2 aromatic carbocycles. The van der Waals surface area contributed by atoms with Crippen molar-refractivity contribution in [2.75, 3.05) is 12.4 Å². The van der Waals surface area contributed by atoms with Gasteiger partial charge in [0, 0.05) is 16.0 Å². The Labute approximate surface area is 121 Å². The van der Waals surface area contributed by atoms with Crippen molar-refractivity contribution >= 4 is 27.7 Å². The van der Waals surface area contributed by atoms with E-state index in [0.717, 1.165) is 23.4 Å². The molecule has 0 amide bonds. The second kappa shape index (κ2) is 7.49. The molecule has 1 nitrogen and oxygen atoms in total. The number of thioether (sulfide) groups is 1. The molecular formula is C15H15BrOS. The summed E-state index contributed by atoms with van der Waals surface area (Å²) in [7, 11) is 0. The predicted molar refractivity (Wildman–Crippen MR) is 81.7 cm³/mol. The average Bonchev–Trinajstić information content (AvgIpc) is 2.45. The number of hydrogen-bond acceptors (Lipinski definition) is 2. The molecule has 0 aliphatic carbocycles. The third kappa shape index (κ3) is 4.39. The summed E-state index contributed by atoms with van der Waals surface area (Å²) in [5.41, 5.74) is 1.26. The molecule has 0 N–H and O–H groups in total. The molecule has 0 aliphatic rings. The highest BCUT2D eigenvalue weighted by Crippen LogP contribution is 2.18. The van der Waals surface area contributed by atoms with Crippen LogP contribution in [0.1, 0.15) is 5.56 Å². The third-order valence-electron chi connectivity index (χ3n) is 2.44. The fraction of sp³-hybridized carbons (Fsp3) is 0.200. The molecule has 18 heavy (non-hydrogen) atoms. The summed E-state index contributed by atoms with van der Waals surface area (Å²) in [5.74, 6) is 1.90. The van der Waals surface area contributed by atoms with E-state index in [0.29, 0.717) is 0 Å². The standard InChI is InChI=1S/C15H15BrOS/c16-12-13-6-8-14(9-7-13)17-10-11-18-15-4-2-1-3-5-15/h1-9H,10-12H2. The Morgan fingerprint density at radius 1 is 0.944 bits per heavy atom. The van der Waals surface area contributed by atoms with Gasteiger partial charge in [0.05, 0.1) is 6.61 Å². The lowest BCUT2D eigenvalue weighted by Crippen LogP contribution is -1.99. The number of alkyl halides is 1. The van der Waals surface area contributed by atoms with Crippen LogP contribution in [0.2, 0.25) is 0 Å². The Balaban J connectivity index is 1.72. The molecule has 0 spiro atoms. The first-order chi connectivity index (χ1) is 8.88. The number of hydrogen-bond donors (Lipinski definition) is 0. The highest BCUT2D eigenvalue weighted by Gasteiger charge is 1.96. The quantitative estimate of drug-likeness (QED) is 0.431. The largest absolute Gasteiger partial charge is 0.493 e. The van der Waals surface area contributed by atoms with Crippen molar-refractivity contribution in [1.29, 1.82) is 0 Å². The van der Waals surface area contributed by atoms with E-state index in [1.807, 2.05) is 30.0 Å². The zero-order chi connectivity index (χ0) is 12.6. The van der Waals surface area contributed by atoms with Crippen LogP contribution >= 0.6 is 27.7 Å². The van der Waals surface area contributed by atoms with Crippen LogP contribution in [0.25, 0.3) is 0 Å². The van der Waals surface area contributed by atoms with E-state index in [9.17, 15) is 0 Å². The van der Waals surface area contributed by atoms with Crippen LogP contribution < -0.4 is 4.74 Å².